The van der Waals surface area contributed by atoms with Crippen molar-refractivity contribution in [2.24, 2.45) is 0 Å². The quantitative estimate of drug-likeness (QED) is 0.912. The van der Waals surface area contributed by atoms with Crippen LogP contribution in [0.25, 0.3) is 0 Å². The molecule has 2 aromatic carbocycles. The van der Waals surface area contributed by atoms with Crippen molar-refractivity contribution in [1.29, 1.82) is 0 Å². The maximum Gasteiger partial charge on any atom is 0.262 e. The number of halogens is 1. The number of benzene rings is 2. The second-order valence-corrected chi connectivity index (χ2v) is 6.46. The number of hydrogen-bond donors (Lipinski definition) is 2. The first-order valence-electron chi connectivity index (χ1n) is 5.91. The molecule has 0 saturated carbocycles. The number of aliphatic hydroxyl groups excluding tert-OH is 1. The van der Waals surface area contributed by atoms with Crippen LogP contribution in [0.4, 0.5) is 5.69 Å². The molecular formula is C14H14ClNO3S. The minimum Gasteiger partial charge on any atom is -0.392 e. The smallest absolute Gasteiger partial charge is 0.262 e. The summed E-state index contributed by atoms with van der Waals surface area (Å²) in [5.41, 5.74) is 1.55. The van der Waals surface area contributed by atoms with Crippen LogP contribution in [0.5, 0.6) is 0 Å². The summed E-state index contributed by atoms with van der Waals surface area (Å²) in [4.78, 5) is 0.143. The van der Waals surface area contributed by atoms with E-state index >= 15 is 0 Å². The third-order valence-corrected chi connectivity index (χ3v) is 4.56. The van der Waals surface area contributed by atoms with Crippen molar-refractivity contribution in [2.45, 2.75) is 18.4 Å². The Bertz CT molecular complexity index is 729. The highest BCUT2D eigenvalue weighted by Gasteiger charge is 2.17. The lowest BCUT2D eigenvalue weighted by atomic mass is 10.2. The van der Waals surface area contributed by atoms with Crippen LogP contribution in [0.1, 0.15) is 11.1 Å². The van der Waals surface area contributed by atoms with Gasteiger partial charge in [0.1, 0.15) is 0 Å². The van der Waals surface area contributed by atoms with E-state index in [9.17, 15) is 8.42 Å². The molecular weight excluding hydrogens is 298 g/mol. The van der Waals surface area contributed by atoms with Gasteiger partial charge in [0.2, 0.25) is 0 Å². The summed E-state index contributed by atoms with van der Waals surface area (Å²) in [6.45, 7) is 1.49. The molecule has 2 N–H and O–H groups in total. The van der Waals surface area contributed by atoms with Gasteiger partial charge in [0.15, 0.2) is 0 Å². The van der Waals surface area contributed by atoms with E-state index in [0.717, 1.165) is 0 Å². The molecule has 0 unspecified atom stereocenters. The van der Waals surface area contributed by atoms with Crippen molar-refractivity contribution in [1.82, 2.24) is 0 Å². The first kappa shape index (κ1) is 14.8. The van der Waals surface area contributed by atoms with Gasteiger partial charge >= 0.3 is 0 Å². The van der Waals surface area contributed by atoms with E-state index in [1.165, 1.54) is 12.1 Å². The van der Waals surface area contributed by atoms with Crippen molar-refractivity contribution in [3.8, 4) is 0 Å². The second kappa shape index (κ2) is 5.83. The zero-order valence-electron chi connectivity index (χ0n) is 10.8. The Balaban J connectivity index is 2.40. The average molecular weight is 312 g/mol. The molecule has 4 nitrogen and oxygen atoms in total. The van der Waals surface area contributed by atoms with Gasteiger partial charge < -0.3 is 5.11 Å². The lowest BCUT2D eigenvalue weighted by molar-refractivity contribution is 0.281. The zero-order valence-corrected chi connectivity index (χ0v) is 12.4. The number of rotatable bonds is 4. The van der Waals surface area contributed by atoms with E-state index in [0.29, 0.717) is 21.8 Å². The molecule has 0 fully saturated rings. The van der Waals surface area contributed by atoms with Gasteiger partial charge in [0.25, 0.3) is 10.0 Å². The minimum absolute atomic E-state index is 0.143. The predicted molar refractivity (Wildman–Crippen MR) is 79.4 cm³/mol. The van der Waals surface area contributed by atoms with Gasteiger partial charge in [0, 0.05) is 5.02 Å². The summed E-state index contributed by atoms with van der Waals surface area (Å²) in [6, 6.07) is 11.3. The molecule has 2 rings (SSSR count). The first-order chi connectivity index (χ1) is 9.42. The molecule has 0 aliphatic heterocycles. The lowest BCUT2D eigenvalue weighted by Crippen LogP contribution is -2.14. The predicted octanol–water partition coefficient (Wildman–Crippen LogP) is 2.94. The molecule has 0 aliphatic carbocycles. The SMILES string of the molecule is Cc1ccc(CO)cc1S(=O)(=O)Nc1cccc(Cl)c1. The van der Waals surface area contributed by atoms with Crippen LogP contribution in [-0.4, -0.2) is 13.5 Å². The molecule has 0 heterocycles. The number of anilines is 1. The number of hydrogen-bond acceptors (Lipinski definition) is 3. The van der Waals surface area contributed by atoms with E-state index in [4.69, 9.17) is 16.7 Å². The largest absolute Gasteiger partial charge is 0.392 e. The molecule has 0 spiro atoms. The highest BCUT2D eigenvalue weighted by atomic mass is 35.5. The fourth-order valence-corrected chi connectivity index (χ4v) is 3.33. The van der Waals surface area contributed by atoms with Crippen LogP contribution in [0.15, 0.2) is 47.4 Å². The van der Waals surface area contributed by atoms with Gasteiger partial charge in [0.05, 0.1) is 17.2 Å². The van der Waals surface area contributed by atoms with Crippen molar-refractivity contribution in [2.75, 3.05) is 4.72 Å². The van der Waals surface area contributed by atoms with Crippen molar-refractivity contribution in [3.63, 3.8) is 0 Å². The topological polar surface area (TPSA) is 66.4 Å². The van der Waals surface area contributed by atoms with Gasteiger partial charge in [-0.25, -0.2) is 8.42 Å². The van der Waals surface area contributed by atoms with Crippen molar-refractivity contribution < 1.29 is 13.5 Å². The van der Waals surface area contributed by atoms with E-state index < -0.39 is 10.0 Å². The van der Waals surface area contributed by atoms with Gasteiger partial charge in [-0.1, -0.05) is 29.8 Å². The Morgan fingerprint density at radius 3 is 2.60 bits per heavy atom. The minimum atomic E-state index is -3.71. The zero-order chi connectivity index (χ0) is 14.8. The monoisotopic (exact) mass is 311 g/mol. The lowest BCUT2D eigenvalue weighted by Gasteiger charge is -2.11. The molecule has 2 aromatic rings. The normalized spacial score (nSPS) is 11.3. The molecule has 0 amide bonds. The van der Waals surface area contributed by atoms with Gasteiger partial charge in [-0.15, -0.1) is 0 Å². The van der Waals surface area contributed by atoms with Crippen LogP contribution in [0.2, 0.25) is 5.02 Å². The molecule has 0 radical (unpaired) electrons. The summed E-state index contributed by atoms with van der Waals surface area (Å²) in [5, 5.41) is 9.56. The molecule has 106 valence electrons. The molecule has 0 aliphatic rings. The molecule has 6 heteroatoms. The Hall–Kier alpha value is -1.56. The molecule has 0 atom stereocenters. The van der Waals surface area contributed by atoms with Crippen LogP contribution >= 0.6 is 11.6 Å². The van der Waals surface area contributed by atoms with Gasteiger partial charge in [-0.3, -0.25) is 4.72 Å². The number of nitrogens with one attached hydrogen (secondary N) is 1. The van der Waals surface area contributed by atoms with E-state index in [1.807, 2.05) is 0 Å². The second-order valence-electron chi connectivity index (χ2n) is 4.37. The third-order valence-electron chi connectivity index (χ3n) is 2.80. The van der Waals surface area contributed by atoms with Crippen molar-refractivity contribution >= 4 is 27.3 Å². The Kier molecular flexibility index (Phi) is 4.32. The van der Waals surface area contributed by atoms with Crippen LogP contribution in [0, 0.1) is 6.92 Å². The van der Waals surface area contributed by atoms with Crippen LogP contribution in [0.3, 0.4) is 0 Å². The van der Waals surface area contributed by atoms with E-state index in [-0.39, 0.29) is 11.5 Å². The Morgan fingerprint density at radius 1 is 1.20 bits per heavy atom. The summed E-state index contributed by atoms with van der Waals surface area (Å²) in [5.74, 6) is 0. The molecule has 0 aromatic heterocycles. The maximum atomic E-state index is 12.4. The first-order valence-corrected chi connectivity index (χ1v) is 7.77. The van der Waals surface area contributed by atoms with E-state index in [2.05, 4.69) is 4.72 Å². The molecule has 20 heavy (non-hydrogen) atoms. The fourth-order valence-electron chi connectivity index (χ4n) is 1.79. The van der Waals surface area contributed by atoms with Crippen LogP contribution in [-0.2, 0) is 16.6 Å². The summed E-state index contributed by atoms with van der Waals surface area (Å²) in [6.07, 6.45) is 0. The molecule has 0 bridgehead atoms. The summed E-state index contributed by atoms with van der Waals surface area (Å²) < 4.78 is 27.2. The maximum absolute atomic E-state index is 12.4. The summed E-state index contributed by atoms with van der Waals surface area (Å²) in [7, 11) is -3.71. The van der Waals surface area contributed by atoms with Gasteiger partial charge in [-0.2, -0.15) is 0 Å². The van der Waals surface area contributed by atoms with Crippen molar-refractivity contribution in [3.05, 3.63) is 58.6 Å². The van der Waals surface area contributed by atoms with Gasteiger partial charge in [-0.05, 0) is 42.3 Å². The molecule has 0 saturated heterocycles. The average Bonchev–Trinajstić information content (AvgIpc) is 2.38. The highest BCUT2D eigenvalue weighted by Crippen LogP contribution is 2.22. The summed E-state index contributed by atoms with van der Waals surface area (Å²) >= 11 is 5.83. The fraction of sp³-hybridized carbons (Fsp3) is 0.143. The third kappa shape index (κ3) is 3.30. The highest BCUT2D eigenvalue weighted by molar-refractivity contribution is 7.92. The number of aliphatic hydroxyl groups is 1. The standard InChI is InChI=1S/C14H14ClNO3S/c1-10-5-6-11(9-17)7-14(10)20(18,19)16-13-4-2-3-12(15)8-13/h2-8,16-17H,9H2,1H3. The number of sulfonamides is 1. The van der Waals surface area contributed by atoms with Crippen LogP contribution < -0.4 is 4.72 Å². The van der Waals surface area contributed by atoms with E-state index in [1.54, 1.807) is 37.3 Å². The Morgan fingerprint density at radius 2 is 1.95 bits per heavy atom. The Labute approximate surface area is 123 Å². The number of aryl methyl sites for hydroxylation is 1.